The van der Waals surface area contributed by atoms with Crippen LogP contribution in [0.15, 0.2) is 36.4 Å². The van der Waals surface area contributed by atoms with Gasteiger partial charge in [-0.2, -0.15) is 0 Å². The molecule has 2 aromatic rings. The molecule has 0 aromatic heterocycles. The standard InChI is InChI=1S/C15H9ClF2N2O5/c16-11-6-13(18)12(17)5-10(11)15(22)25-7-14(21)19-8-1-3-9(4-2-8)20(23)24/h1-6H,7H2,(H,19,21). The van der Waals surface area contributed by atoms with E-state index in [1.165, 1.54) is 24.3 Å². The van der Waals surface area contributed by atoms with Crippen LogP contribution in [0.3, 0.4) is 0 Å². The van der Waals surface area contributed by atoms with Gasteiger partial charge in [-0.25, -0.2) is 13.6 Å². The zero-order chi connectivity index (χ0) is 18.6. The van der Waals surface area contributed by atoms with Crippen molar-refractivity contribution in [1.29, 1.82) is 0 Å². The summed E-state index contributed by atoms with van der Waals surface area (Å²) in [4.78, 5) is 33.4. The second kappa shape index (κ2) is 7.67. The van der Waals surface area contributed by atoms with Crippen molar-refractivity contribution in [3.8, 4) is 0 Å². The summed E-state index contributed by atoms with van der Waals surface area (Å²) in [6.07, 6.45) is 0. The SMILES string of the molecule is O=C(COC(=O)c1cc(F)c(F)cc1Cl)Nc1ccc([N+](=O)[O-])cc1. The van der Waals surface area contributed by atoms with Crippen molar-refractivity contribution in [3.05, 3.63) is 68.7 Å². The Morgan fingerprint density at radius 3 is 2.36 bits per heavy atom. The highest BCUT2D eigenvalue weighted by Crippen LogP contribution is 2.21. The van der Waals surface area contributed by atoms with E-state index in [4.69, 9.17) is 11.6 Å². The van der Waals surface area contributed by atoms with Crippen LogP contribution in [0.2, 0.25) is 5.02 Å². The Hall–Kier alpha value is -3.07. The molecule has 0 aliphatic heterocycles. The predicted molar refractivity (Wildman–Crippen MR) is 83.4 cm³/mol. The average molecular weight is 371 g/mol. The lowest BCUT2D eigenvalue weighted by molar-refractivity contribution is -0.384. The fourth-order valence-corrected chi connectivity index (χ4v) is 1.98. The number of nitro groups is 1. The number of halogens is 3. The molecular formula is C15H9ClF2N2O5. The number of ether oxygens (including phenoxy) is 1. The van der Waals surface area contributed by atoms with Crippen LogP contribution in [0.4, 0.5) is 20.2 Å². The van der Waals surface area contributed by atoms with Gasteiger partial charge in [-0.05, 0) is 24.3 Å². The van der Waals surface area contributed by atoms with Crippen LogP contribution in [-0.2, 0) is 9.53 Å². The first-order valence-electron chi connectivity index (χ1n) is 6.64. The van der Waals surface area contributed by atoms with Gasteiger partial charge in [-0.15, -0.1) is 0 Å². The number of non-ortho nitro benzene ring substituents is 1. The monoisotopic (exact) mass is 370 g/mol. The number of amides is 1. The van der Waals surface area contributed by atoms with Crippen LogP contribution in [0.1, 0.15) is 10.4 Å². The topological polar surface area (TPSA) is 98.5 Å². The van der Waals surface area contributed by atoms with Crippen molar-refractivity contribution in [1.82, 2.24) is 0 Å². The molecule has 0 saturated carbocycles. The van der Waals surface area contributed by atoms with Gasteiger partial charge in [-0.3, -0.25) is 14.9 Å². The number of hydrogen-bond acceptors (Lipinski definition) is 5. The maximum atomic E-state index is 13.1. The summed E-state index contributed by atoms with van der Waals surface area (Å²) >= 11 is 5.62. The maximum Gasteiger partial charge on any atom is 0.340 e. The third kappa shape index (κ3) is 4.70. The minimum absolute atomic E-state index is 0.155. The highest BCUT2D eigenvalue weighted by Gasteiger charge is 2.17. The third-order valence-electron chi connectivity index (χ3n) is 2.93. The molecule has 1 amide bonds. The number of carbonyl (C=O) groups excluding carboxylic acids is 2. The van der Waals surface area contributed by atoms with Crippen molar-refractivity contribution < 1.29 is 28.0 Å². The highest BCUT2D eigenvalue weighted by molar-refractivity contribution is 6.33. The summed E-state index contributed by atoms with van der Waals surface area (Å²) in [5.41, 5.74) is -0.335. The Bertz CT molecular complexity index is 843. The lowest BCUT2D eigenvalue weighted by Crippen LogP contribution is -2.21. The van der Waals surface area contributed by atoms with Gasteiger partial charge in [0.2, 0.25) is 0 Å². The summed E-state index contributed by atoms with van der Waals surface area (Å²) in [6.45, 7) is -0.717. The number of benzene rings is 2. The molecule has 25 heavy (non-hydrogen) atoms. The number of nitro benzene ring substituents is 1. The molecular weight excluding hydrogens is 362 g/mol. The number of hydrogen-bond donors (Lipinski definition) is 1. The first-order chi connectivity index (χ1) is 11.8. The molecule has 0 aliphatic carbocycles. The molecule has 0 bridgehead atoms. The van der Waals surface area contributed by atoms with Crippen LogP contribution < -0.4 is 5.32 Å². The molecule has 2 aromatic carbocycles. The van der Waals surface area contributed by atoms with Gasteiger partial charge in [0.25, 0.3) is 11.6 Å². The van der Waals surface area contributed by atoms with Crippen molar-refractivity contribution in [3.63, 3.8) is 0 Å². The number of rotatable bonds is 5. The van der Waals surface area contributed by atoms with Gasteiger partial charge >= 0.3 is 5.97 Å². The maximum absolute atomic E-state index is 13.1. The number of anilines is 1. The van der Waals surface area contributed by atoms with Crippen LogP contribution >= 0.6 is 11.6 Å². The van der Waals surface area contributed by atoms with E-state index in [1.54, 1.807) is 0 Å². The Morgan fingerprint density at radius 1 is 1.16 bits per heavy atom. The number of nitrogens with one attached hydrogen (secondary N) is 1. The second-order valence-corrected chi connectivity index (χ2v) is 5.08. The number of carbonyl (C=O) groups is 2. The van der Waals surface area contributed by atoms with Crippen LogP contribution in [0.5, 0.6) is 0 Å². The van der Waals surface area contributed by atoms with Crippen LogP contribution in [0.25, 0.3) is 0 Å². The molecule has 0 radical (unpaired) electrons. The van der Waals surface area contributed by atoms with E-state index in [2.05, 4.69) is 10.1 Å². The molecule has 0 fully saturated rings. The zero-order valence-corrected chi connectivity index (χ0v) is 13.0. The first-order valence-corrected chi connectivity index (χ1v) is 7.01. The van der Waals surface area contributed by atoms with E-state index in [0.29, 0.717) is 12.1 Å². The van der Waals surface area contributed by atoms with Gasteiger partial charge < -0.3 is 10.1 Å². The summed E-state index contributed by atoms with van der Waals surface area (Å²) < 4.78 is 30.7. The lowest BCUT2D eigenvalue weighted by atomic mass is 10.2. The van der Waals surface area contributed by atoms with Gasteiger partial charge in [-0.1, -0.05) is 11.6 Å². The zero-order valence-electron chi connectivity index (χ0n) is 12.3. The second-order valence-electron chi connectivity index (χ2n) is 4.67. The lowest BCUT2D eigenvalue weighted by Gasteiger charge is -2.08. The minimum Gasteiger partial charge on any atom is -0.452 e. The van der Waals surface area contributed by atoms with E-state index in [-0.39, 0.29) is 16.4 Å². The molecule has 1 N–H and O–H groups in total. The molecule has 130 valence electrons. The normalized spacial score (nSPS) is 10.2. The summed E-state index contributed by atoms with van der Waals surface area (Å²) in [6, 6.07) is 6.14. The minimum atomic E-state index is -1.29. The molecule has 0 aliphatic rings. The highest BCUT2D eigenvalue weighted by atomic mass is 35.5. The van der Waals surface area contributed by atoms with Crippen LogP contribution in [0, 0.1) is 21.7 Å². The van der Waals surface area contributed by atoms with Crippen molar-refractivity contribution in [2.45, 2.75) is 0 Å². The van der Waals surface area contributed by atoms with Gasteiger partial charge in [0.15, 0.2) is 18.2 Å². The van der Waals surface area contributed by atoms with Gasteiger partial charge in [0.1, 0.15) is 0 Å². The molecule has 0 saturated heterocycles. The quantitative estimate of drug-likeness (QED) is 0.377. The Kier molecular flexibility index (Phi) is 5.60. The van der Waals surface area contributed by atoms with Gasteiger partial charge in [0.05, 0.1) is 15.5 Å². The van der Waals surface area contributed by atoms with Crippen molar-refractivity contribution in [2.24, 2.45) is 0 Å². The molecule has 0 heterocycles. The van der Waals surface area contributed by atoms with E-state index in [1.807, 2.05) is 0 Å². The Balaban J connectivity index is 1.94. The van der Waals surface area contributed by atoms with E-state index < -0.39 is 40.6 Å². The Morgan fingerprint density at radius 2 is 1.76 bits per heavy atom. The van der Waals surface area contributed by atoms with E-state index >= 15 is 0 Å². The third-order valence-corrected chi connectivity index (χ3v) is 3.24. The average Bonchev–Trinajstić information content (AvgIpc) is 2.56. The molecule has 7 nitrogen and oxygen atoms in total. The van der Waals surface area contributed by atoms with E-state index in [9.17, 15) is 28.5 Å². The van der Waals surface area contributed by atoms with Crippen molar-refractivity contribution in [2.75, 3.05) is 11.9 Å². The first kappa shape index (κ1) is 18.3. The molecule has 0 atom stereocenters. The van der Waals surface area contributed by atoms with Gasteiger partial charge in [0, 0.05) is 17.8 Å². The fourth-order valence-electron chi connectivity index (χ4n) is 1.75. The fraction of sp³-hybridized carbons (Fsp3) is 0.0667. The van der Waals surface area contributed by atoms with Crippen molar-refractivity contribution >= 4 is 34.9 Å². The molecule has 0 unspecified atom stereocenters. The summed E-state index contributed by atoms with van der Waals surface area (Å²) in [5, 5.41) is 12.5. The molecule has 0 spiro atoms. The molecule has 10 heteroatoms. The largest absolute Gasteiger partial charge is 0.452 e. The number of esters is 1. The number of nitrogens with zero attached hydrogens (tertiary/aromatic N) is 1. The smallest absolute Gasteiger partial charge is 0.340 e. The van der Waals surface area contributed by atoms with Crippen LogP contribution in [-0.4, -0.2) is 23.4 Å². The molecule has 2 rings (SSSR count). The summed E-state index contributed by atoms with van der Waals surface area (Å²) in [7, 11) is 0. The summed E-state index contributed by atoms with van der Waals surface area (Å²) in [5.74, 6) is -4.35. The predicted octanol–water partition coefficient (Wildman–Crippen LogP) is 3.32. The Labute approximate surface area is 144 Å². The van der Waals surface area contributed by atoms with E-state index in [0.717, 1.165) is 0 Å².